The number of aromatic nitrogens is 2. The van der Waals surface area contributed by atoms with E-state index in [1.54, 1.807) is 19.9 Å². The Morgan fingerprint density at radius 2 is 2.10 bits per heavy atom. The molecular formula is C14H14F3N3O. The predicted molar refractivity (Wildman–Crippen MR) is 70.6 cm³/mol. The zero-order valence-electron chi connectivity index (χ0n) is 11.5. The highest BCUT2D eigenvalue weighted by molar-refractivity contribution is 5.95. The minimum absolute atomic E-state index is 0.369. The van der Waals surface area contributed by atoms with Crippen LogP contribution in [-0.4, -0.2) is 16.1 Å². The van der Waals surface area contributed by atoms with Gasteiger partial charge in [-0.25, -0.2) is 0 Å². The molecule has 2 N–H and O–H groups in total. The molecule has 0 aliphatic rings. The average Bonchev–Trinajstić information content (AvgIpc) is 2.84. The molecule has 1 aromatic heterocycles. The molecule has 0 bridgehead atoms. The first-order valence-corrected chi connectivity index (χ1v) is 6.27. The van der Waals surface area contributed by atoms with Crippen LogP contribution < -0.4 is 5.32 Å². The van der Waals surface area contributed by atoms with E-state index < -0.39 is 17.8 Å². The van der Waals surface area contributed by atoms with E-state index in [4.69, 9.17) is 0 Å². The molecule has 112 valence electrons. The van der Waals surface area contributed by atoms with Crippen molar-refractivity contribution in [3.05, 3.63) is 52.8 Å². The molecule has 0 fully saturated rings. The number of halogens is 3. The number of aryl methyl sites for hydroxylation is 1. The quantitative estimate of drug-likeness (QED) is 0.914. The number of H-pyrrole nitrogens is 1. The largest absolute Gasteiger partial charge is 0.416 e. The van der Waals surface area contributed by atoms with Gasteiger partial charge in [0, 0.05) is 5.69 Å². The Labute approximate surface area is 119 Å². The van der Waals surface area contributed by atoms with Gasteiger partial charge in [0.25, 0.3) is 5.91 Å². The van der Waals surface area contributed by atoms with Crippen LogP contribution in [0, 0.1) is 6.92 Å². The number of benzene rings is 1. The third-order valence-electron chi connectivity index (χ3n) is 3.14. The lowest BCUT2D eigenvalue weighted by Crippen LogP contribution is -2.27. The number of carbonyl (C=O) groups excluding carboxylic acids is 1. The zero-order chi connectivity index (χ0) is 15.6. The number of nitrogens with one attached hydrogen (secondary N) is 2. The van der Waals surface area contributed by atoms with Gasteiger partial charge in [-0.1, -0.05) is 12.1 Å². The minimum Gasteiger partial charge on any atom is -0.345 e. The second-order valence-electron chi connectivity index (χ2n) is 4.73. The van der Waals surface area contributed by atoms with Crippen molar-refractivity contribution >= 4 is 5.91 Å². The zero-order valence-corrected chi connectivity index (χ0v) is 11.5. The highest BCUT2D eigenvalue weighted by atomic mass is 19.4. The Morgan fingerprint density at radius 1 is 1.38 bits per heavy atom. The van der Waals surface area contributed by atoms with Crippen molar-refractivity contribution in [3.63, 3.8) is 0 Å². The van der Waals surface area contributed by atoms with Crippen LogP contribution >= 0.6 is 0 Å². The molecule has 1 heterocycles. The molecule has 2 rings (SSSR count). The number of rotatable bonds is 3. The maximum Gasteiger partial charge on any atom is 0.416 e. The smallest absolute Gasteiger partial charge is 0.345 e. The van der Waals surface area contributed by atoms with Crippen LogP contribution in [0.2, 0.25) is 0 Å². The van der Waals surface area contributed by atoms with E-state index in [1.165, 1.54) is 12.3 Å². The highest BCUT2D eigenvalue weighted by Gasteiger charge is 2.30. The molecule has 1 atom stereocenters. The van der Waals surface area contributed by atoms with Gasteiger partial charge in [0.2, 0.25) is 0 Å². The number of carbonyl (C=O) groups is 1. The number of hydrogen-bond acceptors (Lipinski definition) is 2. The summed E-state index contributed by atoms with van der Waals surface area (Å²) in [6.45, 7) is 3.32. The summed E-state index contributed by atoms with van der Waals surface area (Å²) < 4.78 is 38.0. The van der Waals surface area contributed by atoms with Crippen molar-refractivity contribution in [2.75, 3.05) is 0 Å². The molecule has 21 heavy (non-hydrogen) atoms. The highest BCUT2D eigenvalue weighted by Crippen LogP contribution is 2.30. The summed E-state index contributed by atoms with van der Waals surface area (Å²) in [6, 6.07) is 4.35. The normalized spacial score (nSPS) is 13.0. The topological polar surface area (TPSA) is 57.8 Å². The molecule has 0 aliphatic heterocycles. The van der Waals surface area contributed by atoms with E-state index in [9.17, 15) is 18.0 Å². The Morgan fingerprint density at radius 3 is 2.67 bits per heavy atom. The standard InChI is InChI=1S/C14H14F3N3O/c1-8(19-13(21)12-7-18-20-9(12)2)10-4-3-5-11(6-10)14(15,16)17/h3-8H,1-2H3,(H,18,20)(H,19,21)/t8-/m0/s1. The lowest BCUT2D eigenvalue weighted by atomic mass is 10.0. The maximum absolute atomic E-state index is 12.7. The summed E-state index contributed by atoms with van der Waals surface area (Å²) in [5.41, 5.74) is 0.623. The van der Waals surface area contributed by atoms with E-state index in [-0.39, 0.29) is 5.91 Å². The van der Waals surface area contributed by atoms with Gasteiger partial charge >= 0.3 is 6.18 Å². The molecule has 1 aromatic carbocycles. The van der Waals surface area contributed by atoms with Crippen molar-refractivity contribution < 1.29 is 18.0 Å². The monoisotopic (exact) mass is 297 g/mol. The molecule has 7 heteroatoms. The van der Waals surface area contributed by atoms with Gasteiger partial charge in [0.15, 0.2) is 0 Å². The summed E-state index contributed by atoms with van der Waals surface area (Å²) in [5.74, 6) is -0.383. The fourth-order valence-electron chi connectivity index (χ4n) is 1.92. The summed E-state index contributed by atoms with van der Waals surface area (Å²) >= 11 is 0. The molecule has 0 unspecified atom stereocenters. The fraction of sp³-hybridized carbons (Fsp3) is 0.286. The van der Waals surface area contributed by atoms with Crippen molar-refractivity contribution in [1.82, 2.24) is 15.5 Å². The Bertz CT molecular complexity index is 649. The Hall–Kier alpha value is -2.31. The summed E-state index contributed by atoms with van der Waals surface area (Å²) in [4.78, 5) is 12.0. The van der Waals surface area contributed by atoms with E-state index in [0.717, 1.165) is 12.1 Å². The van der Waals surface area contributed by atoms with Crippen LogP contribution in [0.1, 0.15) is 40.1 Å². The lowest BCUT2D eigenvalue weighted by Gasteiger charge is -2.16. The first-order chi connectivity index (χ1) is 9.79. The Balaban J connectivity index is 2.16. The summed E-state index contributed by atoms with van der Waals surface area (Å²) in [5, 5.41) is 9.02. The molecule has 1 amide bonds. The van der Waals surface area contributed by atoms with E-state index in [1.807, 2.05) is 0 Å². The van der Waals surface area contributed by atoms with Crippen molar-refractivity contribution in [1.29, 1.82) is 0 Å². The van der Waals surface area contributed by atoms with Crippen molar-refractivity contribution in [2.24, 2.45) is 0 Å². The lowest BCUT2D eigenvalue weighted by molar-refractivity contribution is -0.137. The van der Waals surface area contributed by atoms with Crippen molar-refractivity contribution in [2.45, 2.75) is 26.1 Å². The molecule has 0 saturated heterocycles. The molecule has 0 saturated carbocycles. The molecule has 0 aliphatic carbocycles. The SMILES string of the molecule is Cc1[nH]ncc1C(=O)N[C@@H](C)c1cccc(C(F)(F)F)c1. The third kappa shape index (κ3) is 3.42. The van der Waals surface area contributed by atoms with Gasteiger partial charge in [0.05, 0.1) is 23.4 Å². The third-order valence-corrected chi connectivity index (χ3v) is 3.14. The van der Waals surface area contributed by atoms with Crippen LogP contribution in [0.5, 0.6) is 0 Å². The van der Waals surface area contributed by atoms with Crippen LogP contribution in [-0.2, 0) is 6.18 Å². The maximum atomic E-state index is 12.7. The number of amides is 1. The van der Waals surface area contributed by atoms with Gasteiger partial charge in [-0.2, -0.15) is 18.3 Å². The van der Waals surface area contributed by atoms with Crippen LogP contribution in [0.3, 0.4) is 0 Å². The number of nitrogens with zero attached hydrogens (tertiary/aromatic N) is 1. The number of hydrogen-bond donors (Lipinski definition) is 2. The van der Waals surface area contributed by atoms with Gasteiger partial charge in [-0.05, 0) is 31.5 Å². The minimum atomic E-state index is -4.40. The van der Waals surface area contributed by atoms with Gasteiger partial charge in [-0.15, -0.1) is 0 Å². The van der Waals surface area contributed by atoms with E-state index in [2.05, 4.69) is 15.5 Å². The van der Waals surface area contributed by atoms with E-state index >= 15 is 0 Å². The average molecular weight is 297 g/mol. The molecule has 4 nitrogen and oxygen atoms in total. The first kappa shape index (κ1) is 15.1. The second-order valence-corrected chi connectivity index (χ2v) is 4.73. The van der Waals surface area contributed by atoms with Gasteiger partial charge < -0.3 is 5.32 Å². The first-order valence-electron chi connectivity index (χ1n) is 6.27. The number of alkyl halides is 3. The molecule has 2 aromatic rings. The summed E-state index contributed by atoms with van der Waals surface area (Å²) in [7, 11) is 0. The van der Waals surface area contributed by atoms with E-state index in [0.29, 0.717) is 16.8 Å². The molecule has 0 radical (unpaired) electrons. The summed E-state index contributed by atoms with van der Waals surface area (Å²) in [6.07, 6.45) is -3.02. The number of aromatic amines is 1. The van der Waals surface area contributed by atoms with Crippen molar-refractivity contribution in [3.8, 4) is 0 Å². The Kier molecular flexibility index (Phi) is 4.02. The molecule has 0 spiro atoms. The second kappa shape index (κ2) is 5.59. The van der Waals surface area contributed by atoms with Crippen LogP contribution in [0.4, 0.5) is 13.2 Å². The van der Waals surface area contributed by atoms with Gasteiger partial charge in [-0.3, -0.25) is 9.89 Å². The molecular weight excluding hydrogens is 283 g/mol. The van der Waals surface area contributed by atoms with Crippen LogP contribution in [0.15, 0.2) is 30.5 Å². The van der Waals surface area contributed by atoms with Gasteiger partial charge in [0.1, 0.15) is 0 Å². The fourth-order valence-corrected chi connectivity index (χ4v) is 1.92. The van der Waals surface area contributed by atoms with Crippen LogP contribution in [0.25, 0.3) is 0 Å². The predicted octanol–water partition coefficient (Wildman–Crippen LogP) is 3.23.